The number of rotatable bonds is 6. The molecule has 0 aliphatic heterocycles. The lowest BCUT2D eigenvalue weighted by atomic mass is 10.0. The number of benzene rings is 2. The van der Waals surface area contributed by atoms with Gasteiger partial charge in [0.15, 0.2) is 0 Å². The molecule has 0 aromatic heterocycles. The van der Waals surface area contributed by atoms with Gasteiger partial charge in [-0.2, -0.15) is 11.8 Å². The number of anilines is 1. The number of carbonyl (C=O) groups is 2. The van der Waals surface area contributed by atoms with Crippen LogP contribution in [0.3, 0.4) is 0 Å². The van der Waals surface area contributed by atoms with E-state index in [4.69, 9.17) is 10.5 Å². The number of amides is 1. The summed E-state index contributed by atoms with van der Waals surface area (Å²) in [5, 5.41) is 4.44. The molecule has 0 aliphatic rings. The van der Waals surface area contributed by atoms with Crippen LogP contribution in [0.25, 0.3) is 10.8 Å². The Hall–Kier alpha value is -2.21. The van der Waals surface area contributed by atoms with Gasteiger partial charge in [0, 0.05) is 11.3 Å². The maximum absolute atomic E-state index is 12.6. The van der Waals surface area contributed by atoms with E-state index in [1.807, 2.05) is 36.6 Å². The van der Waals surface area contributed by atoms with Crippen LogP contribution in [0.4, 0.5) is 5.69 Å². The Morgan fingerprint density at radius 1 is 1.30 bits per heavy atom. The van der Waals surface area contributed by atoms with Gasteiger partial charge in [-0.3, -0.25) is 4.79 Å². The fourth-order valence-electron chi connectivity index (χ4n) is 2.38. The van der Waals surface area contributed by atoms with E-state index < -0.39 is 12.0 Å². The number of thioether (sulfide) groups is 1. The molecule has 1 unspecified atom stereocenters. The fraction of sp³-hybridized carbons (Fsp3) is 0.294. The second-order valence-electron chi connectivity index (χ2n) is 5.12. The highest BCUT2D eigenvalue weighted by atomic mass is 32.2. The van der Waals surface area contributed by atoms with Gasteiger partial charge in [0.1, 0.15) is 6.04 Å². The van der Waals surface area contributed by atoms with Crippen LogP contribution in [0.5, 0.6) is 0 Å². The number of nitrogens with one attached hydrogen (secondary N) is 1. The highest BCUT2D eigenvalue weighted by molar-refractivity contribution is 7.98. The van der Waals surface area contributed by atoms with Gasteiger partial charge in [-0.25, -0.2) is 4.79 Å². The van der Waals surface area contributed by atoms with Crippen LogP contribution in [0, 0.1) is 0 Å². The van der Waals surface area contributed by atoms with Crippen LogP contribution < -0.4 is 11.1 Å². The van der Waals surface area contributed by atoms with Crippen molar-refractivity contribution in [3.63, 3.8) is 0 Å². The monoisotopic (exact) mass is 332 g/mol. The molecule has 0 bridgehead atoms. The van der Waals surface area contributed by atoms with Crippen molar-refractivity contribution in [2.45, 2.75) is 12.5 Å². The standard InChI is InChI=1S/C17H20N2O3S/c1-22-17(21)15(7-8-23-2)19-16(20)14-10-12(18)9-11-5-3-4-6-13(11)14/h3-6,9-10,15H,7-8,18H2,1-2H3,(H,19,20). The third kappa shape index (κ3) is 4.16. The van der Waals surface area contributed by atoms with Crippen molar-refractivity contribution in [2.24, 2.45) is 0 Å². The minimum Gasteiger partial charge on any atom is -0.467 e. The summed E-state index contributed by atoms with van der Waals surface area (Å²) < 4.78 is 4.77. The Bertz CT molecular complexity index is 718. The van der Waals surface area contributed by atoms with E-state index in [0.29, 0.717) is 17.7 Å². The van der Waals surface area contributed by atoms with Gasteiger partial charge in [0.2, 0.25) is 0 Å². The quantitative estimate of drug-likeness (QED) is 0.627. The highest BCUT2D eigenvalue weighted by Crippen LogP contribution is 2.22. The first-order chi connectivity index (χ1) is 11.1. The summed E-state index contributed by atoms with van der Waals surface area (Å²) in [6, 6.07) is 10.3. The number of carbonyl (C=O) groups excluding carboxylic acids is 2. The summed E-state index contributed by atoms with van der Waals surface area (Å²) in [5.41, 5.74) is 6.85. The van der Waals surface area contributed by atoms with E-state index in [1.165, 1.54) is 7.11 Å². The molecule has 3 N–H and O–H groups in total. The lowest BCUT2D eigenvalue weighted by Gasteiger charge is -2.17. The molecule has 2 aromatic carbocycles. The molecule has 0 radical (unpaired) electrons. The number of methoxy groups -OCH3 is 1. The molecule has 2 rings (SSSR count). The fourth-order valence-corrected chi connectivity index (χ4v) is 2.86. The minimum atomic E-state index is -0.667. The molecule has 0 aliphatic carbocycles. The average molecular weight is 332 g/mol. The van der Waals surface area contributed by atoms with E-state index in [9.17, 15) is 9.59 Å². The van der Waals surface area contributed by atoms with E-state index in [-0.39, 0.29) is 5.91 Å². The summed E-state index contributed by atoms with van der Waals surface area (Å²) in [4.78, 5) is 24.5. The van der Waals surface area contributed by atoms with Crippen LogP contribution >= 0.6 is 11.8 Å². The van der Waals surface area contributed by atoms with Gasteiger partial charge in [0.05, 0.1) is 7.11 Å². The Morgan fingerprint density at radius 3 is 2.74 bits per heavy atom. The number of esters is 1. The minimum absolute atomic E-state index is 0.329. The number of nitrogens with two attached hydrogens (primary N) is 1. The number of nitrogen functional groups attached to an aromatic ring is 1. The van der Waals surface area contributed by atoms with Gasteiger partial charge in [-0.05, 0) is 41.3 Å². The Morgan fingerprint density at radius 2 is 2.04 bits per heavy atom. The lowest BCUT2D eigenvalue weighted by molar-refractivity contribution is -0.142. The number of ether oxygens (including phenoxy) is 1. The van der Waals surface area contributed by atoms with Gasteiger partial charge < -0.3 is 15.8 Å². The van der Waals surface area contributed by atoms with E-state index >= 15 is 0 Å². The highest BCUT2D eigenvalue weighted by Gasteiger charge is 2.22. The van der Waals surface area contributed by atoms with Crippen LogP contribution in [-0.2, 0) is 9.53 Å². The molecule has 5 nitrogen and oxygen atoms in total. The Balaban J connectivity index is 2.30. The van der Waals surface area contributed by atoms with Gasteiger partial charge in [-0.1, -0.05) is 24.3 Å². The predicted octanol–water partition coefficient (Wildman–Crippen LogP) is 2.45. The van der Waals surface area contributed by atoms with Gasteiger partial charge in [0.25, 0.3) is 5.91 Å². The average Bonchev–Trinajstić information content (AvgIpc) is 2.56. The maximum Gasteiger partial charge on any atom is 0.328 e. The van der Waals surface area contributed by atoms with Crippen molar-refractivity contribution >= 4 is 40.1 Å². The second kappa shape index (κ2) is 7.87. The zero-order valence-corrected chi connectivity index (χ0v) is 14.0. The third-order valence-electron chi connectivity index (χ3n) is 3.53. The summed E-state index contributed by atoms with van der Waals surface area (Å²) >= 11 is 1.61. The van der Waals surface area contributed by atoms with Gasteiger partial charge in [-0.15, -0.1) is 0 Å². The number of hydrogen-bond donors (Lipinski definition) is 2. The molecule has 0 spiro atoms. The topological polar surface area (TPSA) is 81.4 Å². The van der Waals surface area contributed by atoms with Crippen LogP contribution in [0.1, 0.15) is 16.8 Å². The molecular formula is C17H20N2O3S. The van der Waals surface area contributed by atoms with Crippen molar-refractivity contribution in [2.75, 3.05) is 24.9 Å². The van der Waals surface area contributed by atoms with Crippen LogP contribution in [0.2, 0.25) is 0 Å². The van der Waals surface area contributed by atoms with Crippen LogP contribution in [0.15, 0.2) is 36.4 Å². The van der Waals surface area contributed by atoms with Crippen molar-refractivity contribution in [3.8, 4) is 0 Å². The first-order valence-corrected chi connectivity index (χ1v) is 8.62. The van der Waals surface area contributed by atoms with Gasteiger partial charge >= 0.3 is 5.97 Å². The summed E-state index contributed by atoms with van der Waals surface area (Å²) in [6.45, 7) is 0. The third-order valence-corrected chi connectivity index (χ3v) is 4.17. The molecule has 23 heavy (non-hydrogen) atoms. The largest absolute Gasteiger partial charge is 0.467 e. The van der Waals surface area contributed by atoms with Crippen molar-refractivity contribution in [1.29, 1.82) is 0 Å². The van der Waals surface area contributed by atoms with E-state index in [0.717, 1.165) is 16.5 Å². The zero-order chi connectivity index (χ0) is 16.8. The lowest BCUT2D eigenvalue weighted by Crippen LogP contribution is -2.42. The van der Waals surface area contributed by atoms with E-state index in [2.05, 4.69) is 5.32 Å². The predicted molar refractivity (Wildman–Crippen MR) is 94.6 cm³/mol. The molecule has 0 fully saturated rings. The number of hydrogen-bond acceptors (Lipinski definition) is 5. The molecule has 2 aromatic rings. The molecular weight excluding hydrogens is 312 g/mol. The normalized spacial score (nSPS) is 11.9. The second-order valence-corrected chi connectivity index (χ2v) is 6.11. The SMILES string of the molecule is COC(=O)C(CCSC)NC(=O)c1cc(N)cc2ccccc12. The maximum atomic E-state index is 12.6. The summed E-state index contributed by atoms with van der Waals surface area (Å²) in [6.07, 6.45) is 2.46. The Labute approximate surface area is 139 Å². The molecule has 6 heteroatoms. The smallest absolute Gasteiger partial charge is 0.328 e. The van der Waals surface area contributed by atoms with Crippen molar-refractivity contribution in [1.82, 2.24) is 5.32 Å². The first kappa shape index (κ1) is 17.1. The van der Waals surface area contributed by atoms with Crippen molar-refractivity contribution in [3.05, 3.63) is 42.0 Å². The van der Waals surface area contributed by atoms with Crippen molar-refractivity contribution < 1.29 is 14.3 Å². The molecule has 0 heterocycles. The van der Waals surface area contributed by atoms with Crippen LogP contribution in [-0.4, -0.2) is 37.0 Å². The summed E-state index contributed by atoms with van der Waals surface area (Å²) in [5.74, 6) is -0.0248. The zero-order valence-electron chi connectivity index (χ0n) is 13.2. The molecule has 122 valence electrons. The molecule has 0 saturated carbocycles. The molecule has 0 saturated heterocycles. The number of fused-ring (bicyclic) bond motifs is 1. The first-order valence-electron chi connectivity index (χ1n) is 7.22. The Kier molecular flexibility index (Phi) is 5.87. The molecule has 1 amide bonds. The summed E-state index contributed by atoms with van der Waals surface area (Å²) in [7, 11) is 1.32. The molecule has 1 atom stereocenters. The van der Waals surface area contributed by atoms with E-state index in [1.54, 1.807) is 17.8 Å².